The highest BCUT2D eigenvalue weighted by Gasteiger charge is 2.22. The van der Waals surface area contributed by atoms with Crippen molar-refractivity contribution in [2.24, 2.45) is 0 Å². The molecule has 0 spiro atoms. The Morgan fingerprint density at radius 3 is 1.57 bits per heavy atom. The van der Waals surface area contributed by atoms with Gasteiger partial charge in [-0.05, 0) is 6.42 Å². The first-order chi connectivity index (χ1) is 11.0. The van der Waals surface area contributed by atoms with E-state index in [0.29, 0.717) is 6.61 Å². The van der Waals surface area contributed by atoms with Crippen molar-refractivity contribution in [3.8, 4) is 0 Å². The van der Waals surface area contributed by atoms with Gasteiger partial charge in [0.2, 0.25) is 0 Å². The standard InChI is InChI=1S/C12H26O.C5H10O5/c1-2-3-4-5-6-7-8-9-10-11-12-13;6-1-3(8)5(10)4(9)2-7/h13H,2-12H2,1H3;1,3-5,7-10H,2H2. The van der Waals surface area contributed by atoms with Gasteiger partial charge in [-0.3, -0.25) is 0 Å². The van der Waals surface area contributed by atoms with Crippen LogP contribution >= 0.6 is 0 Å². The predicted octanol–water partition coefficient (Wildman–Crippen LogP) is 1.16. The zero-order valence-corrected chi connectivity index (χ0v) is 14.4. The number of unbranched alkanes of at least 4 members (excludes halogenated alkanes) is 9. The van der Waals surface area contributed by atoms with Gasteiger partial charge in [0.1, 0.15) is 18.3 Å². The molecule has 0 heterocycles. The molecule has 0 aliphatic heterocycles. The first-order valence-electron chi connectivity index (χ1n) is 8.76. The van der Waals surface area contributed by atoms with E-state index in [2.05, 4.69) is 6.92 Å². The summed E-state index contributed by atoms with van der Waals surface area (Å²) in [4.78, 5) is 9.76. The fourth-order valence-corrected chi connectivity index (χ4v) is 2.02. The quantitative estimate of drug-likeness (QED) is 0.240. The van der Waals surface area contributed by atoms with Crippen LogP contribution in [0.25, 0.3) is 0 Å². The number of hydrogen-bond acceptors (Lipinski definition) is 6. The van der Waals surface area contributed by atoms with E-state index in [9.17, 15) is 4.79 Å². The summed E-state index contributed by atoms with van der Waals surface area (Å²) in [6, 6.07) is 0. The van der Waals surface area contributed by atoms with E-state index in [1.54, 1.807) is 0 Å². The van der Waals surface area contributed by atoms with Crippen molar-refractivity contribution >= 4 is 6.29 Å². The minimum absolute atomic E-state index is 0.0869. The second kappa shape index (κ2) is 19.5. The number of aldehydes is 1. The first-order valence-corrected chi connectivity index (χ1v) is 8.76. The molecule has 6 heteroatoms. The van der Waals surface area contributed by atoms with E-state index in [1.165, 1.54) is 57.8 Å². The maximum atomic E-state index is 9.76. The Bertz CT molecular complexity index is 227. The van der Waals surface area contributed by atoms with Crippen LogP contribution in [0.15, 0.2) is 0 Å². The molecule has 0 fully saturated rings. The van der Waals surface area contributed by atoms with Gasteiger partial charge in [-0.1, -0.05) is 64.7 Å². The van der Waals surface area contributed by atoms with Crippen molar-refractivity contribution in [3.05, 3.63) is 0 Å². The van der Waals surface area contributed by atoms with Gasteiger partial charge in [-0.25, -0.2) is 0 Å². The van der Waals surface area contributed by atoms with Gasteiger partial charge in [0.25, 0.3) is 0 Å². The molecule has 6 nitrogen and oxygen atoms in total. The van der Waals surface area contributed by atoms with Crippen molar-refractivity contribution in [1.82, 2.24) is 0 Å². The number of hydrogen-bond donors (Lipinski definition) is 5. The minimum atomic E-state index is -1.64. The summed E-state index contributed by atoms with van der Waals surface area (Å²) in [5, 5.41) is 42.6. The van der Waals surface area contributed by atoms with E-state index in [1.807, 2.05) is 0 Å². The zero-order valence-electron chi connectivity index (χ0n) is 14.4. The molecule has 0 bridgehead atoms. The molecule has 0 saturated carbocycles. The number of aliphatic hydroxyl groups excluding tert-OH is 5. The van der Waals surface area contributed by atoms with Crippen molar-refractivity contribution in [1.29, 1.82) is 0 Å². The van der Waals surface area contributed by atoms with E-state index in [0.717, 1.165) is 6.42 Å². The highest BCUT2D eigenvalue weighted by atomic mass is 16.4. The molecular weight excluding hydrogens is 300 g/mol. The van der Waals surface area contributed by atoms with Crippen molar-refractivity contribution in [2.75, 3.05) is 13.2 Å². The molecule has 0 aliphatic rings. The molecule has 0 rings (SSSR count). The molecule has 3 atom stereocenters. The molecule has 0 radical (unpaired) electrons. The SMILES string of the molecule is CCCCCCCCCCCCO.O=CC(O)C(O)C(O)CO. The average molecular weight is 336 g/mol. The number of carbonyl (C=O) groups excluding carboxylic acids is 1. The molecule has 0 aromatic heterocycles. The normalized spacial score (nSPS) is 14.5. The average Bonchev–Trinajstić information content (AvgIpc) is 2.58. The van der Waals surface area contributed by atoms with Crippen LogP contribution in [0.5, 0.6) is 0 Å². The monoisotopic (exact) mass is 336 g/mol. The third-order valence-corrected chi connectivity index (χ3v) is 3.58. The van der Waals surface area contributed by atoms with Crippen molar-refractivity contribution in [3.63, 3.8) is 0 Å². The fraction of sp³-hybridized carbons (Fsp3) is 0.941. The van der Waals surface area contributed by atoms with Crippen LogP contribution in [0.3, 0.4) is 0 Å². The fourth-order valence-electron chi connectivity index (χ4n) is 2.02. The smallest absolute Gasteiger partial charge is 0.151 e. The Labute approximate surface area is 140 Å². The number of aliphatic hydroxyl groups is 5. The summed E-state index contributed by atoms with van der Waals surface area (Å²) in [7, 11) is 0. The van der Waals surface area contributed by atoms with Crippen molar-refractivity contribution < 1.29 is 30.3 Å². The summed E-state index contributed by atoms with van der Waals surface area (Å²) < 4.78 is 0. The van der Waals surface area contributed by atoms with Crippen LogP contribution in [0, 0.1) is 0 Å². The Morgan fingerprint density at radius 2 is 1.22 bits per heavy atom. The van der Waals surface area contributed by atoms with E-state index < -0.39 is 24.9 Å². The van der Waals surface area contributed by atoms with Crippen LogP contribution in [0.4, 0.5) is 0 Å². The van der Waals surface area contributed by atoms with Crippen LogP contribution < -0.4 is 0 Å². The second-order valence-corrected chi connectivity index (χ2v) is 5.77. The van der Waals surface area contributed by atoms with Gasteiger partial charge in [0.15, 0.2) is 6.29 Å². The van der Waals surface area contributed by atoms with Gasteiger partial charge >= 0.3 is 0 Å². The molecule has 0 aromatic rings. The number of carbonyl (C=O) groups is 1. The molecule has 0 aromatic carbocycles. The summed E-state index contributed by atoms with van der Waals surface area (Å²) in [5.41, 5.74) is 0. The first kappa shape index (κ1) is 24.7. The Kier molecular flexibility index (Phi) is 21.0. The molecule has 0 amide bonds. The van der Waals surface area contributed by atoms with Gasteiger partial charge in [-0.2, -0.15) is 0 Å². The van der Waals surface area contributed by atoms with Gasteiger partial charge in [0, 0.05) is 6.61 Å². The van der Waals surface area contributed by atoms with E-state index in [-0.39, 0.29) is 6.29 Å². The molecular formula is C17H36O6. The predicted molar refractivity (Wildman–Crippen MR) is 90.1 cm³/mol. The van der Waals surface area contributed by atoms with Crippen LogP contribution in [-0.4, -0.2) is 63.3 Å². The van der Waals surface area contributed by atoms with Crippen LogP contribution in [0.2, 0.25) is 0 Å². The summed E-state index contributed by atoms with van der Waals surface area (Å²) in [6.07, 6.45) is 8.67. The summed E-state index contributed by atoms with van der Waals surface area (Å²) >= 11 is 0. The maximum absolute atomic E-state index is 9.76. The van der Waals surface area contributed by atoms with Crippen molar-refractivity contribution in [2.45, 2.75) is 89.4 Å². The van der Waals surface area contributed by atoms with E-state index >= 15 is 0 Å². The lowest BCUT2D eigenvalue weighted by molar-refractivity contribution is -0.127. The lowest BCUT2D eigenvalue weighted by Gasteiger charge is -2.16. The van der Waals surface area contributed by atoms with E-state index in [4.69, 9.17) is 25.5 Å². The molecule has 140 valence electrons. The van der Waals surface area contributed by atoms with Crippen LogP contribution in [0.1, 0.15) is 71.1 Å². The topological polar surface area (TPSA) is 118 Å². The molecule has 0 aliphatic carbocycles. The highest BCUT2D eigenvalue weighted by Crippen LogP contribution is 2.10. The Morgan fingerprint density at radius 1 is 0.783 bits per heavy atom. The number of rotatable bonds is 14. The van der Waals surface area contributed by atoms with Gasteiger partial charge in [-0.15, -0.1) is 0 Å². The lowest BCUT2D eigenvalue weighted by Crippen LogP contribution is -2.40. The molecule has 23 heavy (non-hydrogen) atoms. The van der Waals surface area contributed by atoms with Gasteiger partial charge in [0.05, 0.1) is 6.61 Å². The molecule has 3 unspecified atom stereocenters. The largest absolute Gasteiger partial charge is 0.396 e. The molecule has 0 saturated heterocycles. The van der Waals surface area contributed by atoms with Crippen LogP contribution in [-0.2, 0) is 4.79 Å². The zero-order chi connectivity index (χ0) is 17.9. The highest BCUT2D eigenvalue weighted by molar-refractivity contribution is 5.56. The molecule has 5 N–H and O–H groups in total. The summed E-state index contributed by atoms with van der Waals surface area (Å²) in [5.74, 6) is 0. The lowest BCUT2D eigenvalue weighted by atomic mass is 10.1. The third-order valence-electron chi connectivity index (χ3n) is 3.58. The minimum Gasteiger partial charge on any atom is -0.396 e. The maximum Gasteiger partial charge on any atom is 0.151 e. The Hall–Kier alpha value is -0.530. The Balaban J connectivity index is 0. The third kappa shape index (κ3) is 17.7. The summed E-state index contributed by atoms with van der Waals surface area (Å²) in [6.45, 7) is 1.94. The second-order valence-electron chi connectivity index (χ2n) is 5.77. The van der Waals surface area contributed by atoms with Gasteiger partial charge < -0.3 is 30.3 Å².